The van der Waals surface area contributed by atoms with E-state index >= 15 is 0 Å². The summed E-state index contributed by atoms with van der Waals surface area (Å²) in [5, 5.41) is 0. The molecule has 150 valence electrons. The molecule has 0 spiro atoms. The molecule has 0 aliphatic rings. The molecule has 0 saturated carbocycles. The lowest BCUT2D eigenvalue weighted by Crippen LogP contribution is -2.14. The molecule has 1 aromatic carbocycles. The fraction of sp³-hybridized carbons (Fsp3) is 0.364. The van der Waals surface area contributed by atoms with E-state index in [2.05, 4.69) is 18.4 Å². The van der Waals surface area contributed by atoms with Crippen LogP contribution in [-0.4, -0.2) is 37.1 Å². The number of aromatic nitrogens is 1. The molecule has 0 aliphatic heterocycles. The number of esters is 1. The number of benzene rings is 1. The van der Waals surface area contributed by atoms with E-state index in [0.717, 1.165) is 17.0 Å². The van der Waals surface area contributed by atoms with Crippen molar-refractivity contribution in [3.05, 3.63) is 52.9 Å². The Hall–Kier alpha value is -3.02. The minimum absolute atomic E-state index is 0.218. The van der Waals surface area contributed by atoms with Gasteiger partial charge in [0.2, 0.25) is 5.78 Å². The van der Waals surface area contributed by atoms with E-state index in [1.54, 1.807) is 38.5 Å². The van der Waals surface area contributed by atoms with Crippen molar-refractivity contribution in [2.75, 3.05) is 20.8 Å². The van der Waals surface area contributed by atoms with Crippen molar-refractivity contribution in [1.82, 2.24) is 4.57 Å². The summed E-state index contributed by atoms with van der Waals surface area (Å²) in [7, 11) is 3.11. The Labute approximate surface area is 165 Å². The van der Waals surface area contributed by atoms with Gasteiger partial charge in [-0.1, -0.05) is 0 Å². The van der Waals surface area contributed by atoms with Crippen LogP contribution in [0.2, 0.25) is 0 Å². The zero-order valence-electron chi connectivity index (χ0n) is 17.2. The molecule has 1 aromatic heterocycles. The second-order valence-electron chi connectivity index (χ2n) is 6.76. The topological polar surface area (TPSA) is 66.8 Å². The lowest BCUT2D eigenvalue weighted by Gasteiger charge is -2.13. The van der Waals surface area contributed by atoms with Crippen LogP contribution >= 0.6 is 0 Å². The lowest BCUT2D eigenvalue weighted by atomic mass is 10.1. The Morgan fingerprint density at radius 3 is 2.14 bits per heavy atom. The summed E-state index contributed by atoms with van der Waals surface area (Å²) in [6, 6.07) is 7.36. The number of methoxy groups -OCH3 is 2. The van der Waals surface area contributed by atoms with Gasteiger partial charge in [-0.3, -0.25) is 4.79 Å². The molecule has 28 heavy (non-hydrogen) atoms. The van der Waals surface area contributed by atoms with Gasteiger partial charge in [0.1, 0.15) is 11.5 Å². The minimum Gasteiger partial charge on any atom is -0.497 e. The van der Waals surface area contributed by atoms with Crippen molar-refractivity contribution >= 4 is 17.8 Å². The van der Waals surface area contributed by atoms with E-state index in [1.807, 2.05) is 19.9 Å². The molecule has 0 amide bonds. The van der Waals surface area contributed by atoms with Crippen molar-refractivity contribution in [2.45, 2.75) is 33.7 Å². The van der Waals surface area contributed by atoms with Crippen LogP contribution in [0.4, 0.5) is 0 Å². The van der Waals surface area contributed by atoms with E-state index < -0.39 is 5.97 Å². The molecule has 6 nitrogen and oxygen atoms in total. The van der Waals surface area contributed by atoms with Crippen molar-refractivity contribution in [3.63, 3.8) is 0 Å². The Morgan fingerprint density at radius 1 is 1.04 bits per heavy atom. The fourth-order valence-corrected chi connectivity index (χ4v) is 3.21. The van der Waals surface area contributed by atoms with Gasteiger partial charge in [0, 0.05) is 35.1 Å². The summed E-state index contributed by atoms with van der Waals surface area (Å²) in [6.07, 6.45) is 2.86. The number of Topliss-reactive ketones (excluding diaryl/α,β-unsaturated/α-hetero) is 1. The van der Waals surface area contributed by atoms with Crippen molar-refractivity contribution in [2.24, 2.45) is 0 Å². The molecule has 0 aliphatic carbocycles. The molecule has 6 heteroatoms. The fourth-order valence-electron chi connectivity index (χ4n) is 3.21. The first-order valence-corrected chi connectivity index (χ1v) is 9.06. The molecule has 0 unspecified atom stereocenters. The summed E-state index contributed by atoms with van der Waals surface area (Å²) in [5.74, 6) is 0.420. The predicted octanol–water partition coefficient (Wildman–Crippen LogP) is 4.14. The molecule has 0 radical (unpaired) electrons. The Morgan fingerprint density at radius 2 is 1.64 bits per heavy atom. The monoisotopic (exact) mass is 385 g/mol. The van der Waals surface area contributed by atoms with Gasteiger partial charge in [0.25, 0.3) is 0 Å². The van der Waals surface area contributed by atoms with Crippen LogP contribution in [0.25, 0.3) is 6.08 Å². The van der Waals surface area contributed by atoms with E-state index in [0.29, 0.717) is 17.1 Å². The first-order chi connectivity index (χ1) is 13.3. The van der Waals surface area contributed by atoms with Crippen LogP contribution < -0.4 is 9.47 Å². The van der Waals surface area contributed by atoms with Gasteiger partial charge in [-0.25, -0.2) is 4.79 Å². The zero-order chi connectivity index (χ0) is 20.8. The van der Waals surface area contributed by atoms with E-state index in [9.17, 15) is 9.59 Å². The highest BCUT2D eigenvalue weighted by Gasteiger charge is 2.18. The van der Waals surface area contributed by atoms with Crippen molar-refractivity contribution < 1.29 is 23.8 Å². The van der Waals surface area contributed by atoms with Crippen LogP contribution in [0.1, 0.15) is 47.2 Å². The number of hydrogen-bond acceptors (Lipinski definition) is 5. The smallest absolute Gasteiger partial charge is 0.331 e. The number of hydrogen-bond donors (Lipinski definition) is 0. The van der Waals surface area contributed by atoms with Crippen molar-refractivity contribution in [1.29, 1.82) is 0 Å². The van der Waals surface area contributed by atoms with Crippen LogP contribution in [0, 0.1) is 13.8 Å². The molecule has 0 atom stereocenters. The Kier molecular flexibility index (Phi) is 7.04. The standard InChI is InChI=1S/C22H27NO5/c1-14(2)23-15(3)9-20(16(23)4)21(24)13-28-22(25)8-7-17-10-18(26-5)12-19(11-17)27-6/h7-12,14H,13H2,1-6H3/b8-7+. The average Bonchev–Trinajstić information content (AvgIpc) is 2.98. The minimum atomic E-state index is -0.590. The molecule has 2 rings (SSSR count). The number of rotatable bonds is 8. The summed E-state index contributed by atoms with van der Waals surface area (Å²) in [6.45, 7) is 7.69. The highest BCUT2D eigenvalue weighted by Crippen LogP contribution is 2.23. The molecule has 0 fully saturated rings. The van der Waals surface area contributed by atoms with Crippen LogP contribution in [0.3, 0.4) is 0 Å². The SMILES string of the molecule is COc1cc(/C=C/C(=O)OCC(=O)c2cc(C)n(C(C)C)c2C)cc(OC)c1. The maximum atomic E-state index is 12.5. The number of ketones is 1. The van der Waals surface area contributed by atoms with E-state index in [1.165, 1.54) is 6.08 Å². The van der Waals surface area contributed by atoms with Crippen LogP contribution in [-0.2, 0) is 9.53 Å². The summed E-state index contributed by atoms with van der Waals surface area (Å²) < 4.78 is 17.6. The number of nitrogens with zero attached hydrogens (tertiary/aromatic N) is 1. The third-order valence-corrected chi connectivity index (χ3v) is 4.43. The first kappa shape index (κ1) is 21.3. The molecule has 0 bridgehead atoms. The van der Waals surface area contributed by atoms with Crippen molar-refractivity contribution in [3.8, 4) is 11.5 Å². The molecule has 0 saturated heterocycles. The Balaban J connectivity index is 2.02. The van der Waals surface area contributed by atoms with Gasteiger partial charge in [0.05, 0.1) is 14.2 Å². The molecule has 2 aromatic rings. The van der Waals surface area contributed by atoms with Crippen LogP contribution in [0.15, 0.2) is 30.3 Å². The zero-order valence-corrected chi connectivity index (χ0v) is 17.2. The summed E-state index contributed by atoms with van der Waals surface area (Å²) in [4.78, 5) is 24.4. The molecular formula is C22H27NO5. The third kappa shape index (κ3) is 5.03. The normalized spacial score (nSPS) is 11.1. The maximum Gasteiger partial charge on any atom is 0.331 e. The van der Waals surface area contributed by atoms with E-state index in [4.69, 9.17) is 14.2 Å². The number of carbonyl (C=O) groups excluding carboxylic acids is 2. The van der Waals surface area contributed by atoms with Crippen LogP contribution in [0.5, 0.6) is 11.5 Å². The first-order valence-electron chi connectivity index (χ1n) is 9.06. The quantitative estimate of drug-likeness (QED) is 0.388. The van der Waals surface area contributed by atoms with Gasteiger partial charge in [0.15, 0.2) is 6.61 Å². The third-order valence-electron chi connectivity index (χ3n) is 4.43. The second kappa shape index (κ2) is 9.26. The molecule has 0 N–H and O–H groups in total. The number of carbonyl (C=O) groups is 2. The van der Waals surface area contributed by atoms with Gasteiger partial charge < -0.3 is 18.8 Å². The lowest BCUT2D eigenvalue weighted by molar-refractivity contribution is -0.136. The average molecular weight is 385 g/mol. The van der Waals surface area contributed by atoms with Gasteiger partial charge >= 0.3 is 5.97 Å². The van der Waals surface area contributed by atoms with Gasteiger partial charge in [-0.2, -0.15) is 0 Å². The largest absolute Gasteiger partial charge is 0.497 e. The van der Waals surface area contributed by atoms with E-state index in [-0.39, 0.29) is 18.4 Å². The Bertz CT molecular complexity index is 870. The maximum absolute atomic E-state index is 12.5. The summed E-state index contributed by atoms with van der Waals surface area (Å²) >= 11 is 0. The highest BCUT2D eigenvalue weighted by molar-refractivity contribution is 6.00. The predicted molar refractivity (Wildman–Crippen MR) is 108 cm³/mol. The number of aryl methyl sites for hydroxylation is 1. The molecular weight excluding hydrogens is 358 g/mol. The summed E-state index contributed by atoms with van der Waals surface area (Å²) in [5.41, 5.74) is 3.20. The highest BCUT2D eigenvalue weighted by atomic mass is 16.5. The molecule has 1 heterocycles. The second-order valence-corrected chi connectivity index (χ2v) is 6.76. The van der Waals surface area contributed by atoms with Gasteiger partial charge in [-0.15, -0.1) is 0 Å². The van der Waals surface area contributed by atoms with Gasteiger partial charge in [-0.05, 0) is 57.5 Å². The number of ether oxygens (including phenoxy) is 3.